The van der Waals surface area contributed by atoms with Crippen molar-refractivity contribution >= 4 is 0 Å². The van der Waals surface area contributed by atoms with Crippen LogP contribution in [0.2, 0.25) is 0 Å². The van der Waals surface area contributed by atoms with Crippen molar-refractivity contribution in [2.45, 2.75) is 19.4 Å². The molecule has 0 aromatic carbocycles. The quantitative estimate of drug-likeness (QED) is 0.692. The van der Waals surface area contributed by atoms with Crippen LogP contribution in [0.4, 0.5) is 0 Å². The average Bonchev–Trinajstić information content (AvgIpc) is 2.16. The van der Waals surface area contributed by atoms with Gasteiger partial charge in [0.25, 0.3) is 0 Å². The van der Waals surface area contributed by atoms with Crippen molar-refractivity contribution < 1.29 is 5.11 Å². The zero-order valence-electron chi connectivity index (χ0n) is 7.20. The second-order valence-corrected chi connectivity index (χ2v) is 2.69. The molecule has 0 aliphatic carbocycles. The molecule has 0 saturated carbocycles. The van der Waals surface area contributed by atoms with Gasteiger partial charge in [0, 0.05) is 6.20 Å². The van der Waals surface area contributed by atoms with Gasteiger partial charge in [-0.05, 0) is 18.1 Å². The SMILES string of the molecule is CCc1cccnc1[C@H](N)CO. The minimum atomic E-state index is -0.346. The summed E-state index contributed by atoms with van der Waals surface area (Å²) in [5, 5.41) is 8.84. The summed E-state index contributed by atoms with van der Waals surface area (Å²) in [4.78, 5) is 4.14. The maximum Gasteiger partial charge on any atom is 0.0707 e. The molecule has 0 spiro atoms. The molecule has 1 aromatic heterocycles. The van der Waals surface area contributed by atoms with Gasteiger partial charge in [0.1, 0.15) is 0 Å². The summed E-state index contributed by atoms with van der Waals surface area (Å²) in [7, 11) is 0. The first kappa shape index (κ1) is 9.16. The fourth-order valence-electron chi connectivity index (χ4n) is 1.17. The average molecular weight is 166 g/mol. The van der Waals surface area contributed by atoms with Crippen molar-refractivity contribution in [3.05, 3.63) is 29.6 Å². The highest BCUT2D eigenvalue weighted by atomic mass is 16.3. The lowest BCUT2D eigenvalue weighted by Gasteiger charge is -2.10. The molecule has 0 fully saturated rings. The van der Waals surface area contributed by atoms with Gasteiger partial charge in [-0.25, -0.2) is 0 Å². The number of aliphatic hydroxyl groups excluding tert-OH is 1. The van der Waals surface area contributed by atoms with Gasteiger partial charge in [-0.2, -0.15) is 0 Å². The Morgan fingerprint density at radius 3 is 3.00 bits per heavy atom. The van der Waals surface area contributed by atoms with Crippen molar-refractivity contribution in [2.24, 2.45) is 5.73 Å². The predicted molar refractivity (Wildman–Crippen MR) is 47.6 cm³/mol. The third-order valence-electron chi connectivity index (χ3n) is 1.85. The normalized spacial score (nSPS) is 12.9. The van der Waals surface area contributed by atoms with Gasteiger partial charge in [-0.1, -0.05) is 13.0 Å². The summed E-state index contributed by atoms with van der Waals surface area (Å²) in [5.41, 5.74) is 7.58. The Hall–Kier alpha value is -0.930. The maximum absolute atomic E-state index is 8.84. The summed E-state index contributed by atoms with van der Waals surface area (Å²) in [6.07, 6.45) is 2.60. The molecule has 0 radical (unpaired) electrons. The van der Waals surface area contributed by atoms with Gasteiger partial charge in [0.05, 0.1) is 18.3 Å². The molecule has 3 heteroatoms. The van der Waals surface area contributed by atoms with Crippen LogP contribution in [-0.2, 0) is 6.42 Å². The Kier molecular flexibility index (Phi) is 3.19. The number of rotatable bonds is 3. The standard InChI is InChI=1S/C9H14N2O/c1-2-7-4-3-5-11-9(7)8(10)6-12/h3-5,8,12H,2,6,10H2,1H3/t8-/m1/s1. The number of aliphatic hydroxyl groups is 1. The number of nitrogens with zero attached hydrogens (tertiary/aromatic N) is 1. The van der Waals surface area contributed by atoms with Gasteiger partial charge < -0.3 is 10.8 Å². The van der Waals surface area contributed by atoms with Crippen molar-refractivity contribution in [3.8, 4) is 0 Å². The molecule has 0 amide bonds. The topological polar surface area (TPSA) is 59.1 Å². The van der Waals surface area contributed by atoms with Crippen LogP contribution >= 0.6 is 0 Å². The van der Waals surface area contributed by atoms with Crippen LogP contribution < -0.4 is 5.73 Å². The van der Waals surface area contributed by atoms with Crippen molar-refractivity contribution in [2.75, 3.05) is 6.61 Å². The van der Waals surface area contributed by atoms with Crippen molar-refractivity contribution in [1.29, 1.82) is 0 Å². The largest absolute Gasteiger partial charge is 0.394 e. The van der Waals surface area contributed by atoms with Gasteiger partial charge in [0.2, 0.25) is 0 Å². The van der Waals surface area contributed by atoms with Crippen LogP contribution in [0.25, 0.3) is 0 Å². The number of hydrogen-bond acceptors (Lipinski definition) is 3. The van der Waals surface area contributed by atoms with E-state index < -0.39 is 0 Å². The molecule has 3 nitrogen and oxygen atoms in total. The molecule has 0 saturated heterocycles. The van der Waals surface area contributed by atoms with Gasteiger partial charge >= 0.3 is 0 Å². The van der Waals surface area contributed by atoms with Crippen LogP contribution in [0.5, 0.6) is 0 Å². The molecule has 3 N–H and O–H groups in total. The first-order valence-corrected chi connectivity index (χ1v) is 4.09. The van der Waals surface area contributed by atoms with E-state index in [0.717, 1.165) is 17.7 Å². The highest BCUT2D eigenvalue weighted by Crippen LogP contribution is 2.12. The summed E-state index contributed by atoms with van der Waals surface area (Å²) in [6.45, 7) is 1.99. The summed E-state index contributed by atoms with van der Waals surface area (Å²) in [6, 6.07) is 3.52. The second-order valence-electron chi connectivity index (χ2n) is 2.69. The van der Waals surface area contributed by atoms with E-state index >= 15 is 0 Å². The fraction of sp³-hybridized carbons (Fsp3) is 0.444. The molecular weight excluding hydrogens is 152 g/mol. The van der Waals surface area contributed by atoms with Crippen LogP contribution in [0.1, 0.15) is 24.2 Å². The second kappa shape index (κ2) is 4.18. The number of aryl methyl sites for hydroxylation is 1. The van der Waals surface area contributed by atoms with Crippen LogP contribution in [-0.4, -0.2) is 16.7 Å². The minimum absolute atomic E-state index is 0.0516. The van der Waals surface area contributed by atoms with Crippen LogP contribution in [0.3, 0.4) is 0 Å². The van der Waals surface area contributed by atoms with Gasteiger partial charge in [-0.15, -0.1) is 0 Å². The molecule has 0 aliphatic rings. The Morgan fingerprint density at radius 2 is 2.42 bits per heavy atom. The van der Waals surface area contributed by atoms with E-state index in [9.17, 15) is 0 Å². The van der Waals surface area contributed by atoms with E-state index in [-0.39, 0.29) is 12.6 Å². The number of hydrogen-bond donors (Lipinski definition) is 2. The minimum Gasteiger partial charge on any atom is -0.394 e. The zero-order chi connectivity index (χ0) is 8.97. The molecule has 0 unspecified atom stereocenters. The van der Waals surface area contributed by atoms with Crippen molar-refractivity contribution in [3.63, 3.8) is 0 Å². The van der Waals surface area contributed by atoms with Crippen LogP contribution in [0.15, 0.2) is 18.3 Å². The molecule has 1 atom stereocenters. The van der Waals surface area contributed by atoms with Crippen LogP contribution in [0, 0.1) is 0 Å². The first-order valence-electron chi connectivity index (χ1n) is 4.09. The van der Waals surface area contributed by atoms with E-state index in [0.29, 0.717) is 0 Å². The van der Waals surface area contributed by atoms with Gasteiger partial charge in [0.15, 0.2) is 0 Å². The first-order chi connectivity index (χ1) is 5.79. The monoisotopic (exact) mass is 166 g/mol. The van der Waals surface area contributed by atoms with E-state index in [1.165, 1.54) is 0 Å². The lowest BCUT2D eigenvalue weighted by molar-refractivity contribution is 0.265. The highest BCUT2D eigenvalue weighted by Gasteiger charge is 2.08. The van der Waals surface area contributed by atoms with E-state index in [1.54, 1.807) is 6.20 Å². The third-order valence-corrected chi connectivity index (χ3v) is 1.85. The summed E-state index contributed by atoms with van der Waals surface area (Å²) in [5.74, 6) is 0. The van der Waals surface area contributed by atoms with E-state index in [1.807, 2.05) is 19.1 Å². The number of pyridine rings is 1. The summed E-state index contributed by atoms with van der Waals surface area (Å²) < 4.78 is 0. The molecule has 0 bridgehead atoms. The predicted octanol–water partition coefficient (Wildman–Crippen LogP) is 0.636. The summed E-state index contributed by atoms with van der Waals surface area (Å²) >= 11 is 0. The Balaban J connectivity index is 2.96. The highest BCUT2D eigenvalue weighted by molar-refractivity contribution is 5.22. The molecule has 66 valence electrons. The number of aromatic nitrogens is 1. The lowest BCUT2D eigenvalue weighted by Crippen LogP contribution is -2.17. The Labute approximate surface area is 72.2 Å². The Morgan fingerprint density at radius 1 is 1.67 bits per heavy atom. The smallest absolute Gasteiger partial charge is 0.0707 e. The molecule has 0 aliphatic heterocycles. The zero-order valence-corrected chi connectivity index (χ0v) is 7.20. The molecule has 1 aromatic rings. The molecule has 1 heterocycles. The van der Waals surface area contributed by atoms with Gasteiger partial charge in [-0.3, -0.25) is 4.98 Å². The lowest BCUT2D eigenvalue weighted by atomic mass is 10.1. The third kappa shape index (κ3) is 1.81. The molecular formula is C9H14N2O. The Bertz CT molecular complexity index is 250. The number of nitrogens with two attached hydrogens (primary N) is 1. The fourth-order valence-corrected chi connectivity index (χ4v) is 1.17. The van der Waals surface area contributed by atoms with Crippen molar-refractivity contribution in [1.82, 2.24) is 4.98 Å². The molecule has 12 heavy (non-hydrogen) atoms. The molecule has 1 rings (SSSR count). The van der Waals surface area contributed by atoms with E-state index in [4.69, 9.17) is 10.8 Å². The van der Waals surface area contributed by atoms with E-state index in [2.05, 4.69) is 4.98 Å². The maximum atomic E-state index is 8.84.